The Hall–Kier alpha value is -5.46. The van der Waals surface area contributed by atoms with Crippen molar-refractivity contribution in [2.45, 2.75) is 11.8 Å². The van der Waals surface area contributed by atoms with E-state index in [1.807, 2.05) is 0 Å². The van der Waals surface area contributed by atoms with Gasteiger partial charge in [-0.05, 0) is 84.3 Å². The molecule has 0 radical (unpaired) electrons. The Bertz CT molecular complexity index is 2120. The van der Waals surface area contributed by atoms with Gasteiger partial charge in [-0.25, -0.2) is 0 Å². The summed E-state index contributed by atoms with van der Waals surface area (Å²) in [6.07, 6.45) is 0.947. The molecule has 0 aromatic heterocycles. The normalized spacial score (nSPS) is 13.5. The van der Waals surface area contributed by atoms with E-state index in [9.17, 15) is 0 Å². The van der Waals surface area contributed by atoms with E-state index >= 15 is 0 Å². The zero-order chi connectivity index (χ0) is 29.1. The molecule has 0 N–H and O–H groups in total. The summed E-state index contributed by atoms with van der Waals surface area (Å²) in [6, 6.07) is 62.8. The first-order valence-corrected chi connectivity index (χ1v) is 15.5. The van der Waals surface area contributed by atoms with E-state index in [1.165, 1.54) is 77.9 Å². The minimum atomic E-state index is -0.369. The first-order valence-electron chi connectivity index (χ1n) is 15.5. The molecule has 2 aliphatic carbocycles. The van der Waals surface area contributed by atoms with E-state index in [1.54, 1.807) is 0 Å². The monoisotopic (exact) mass is 558 g/mol. The van der Waals surface area contributed by atoms with Gasteiger partial charge in [0.15, 0.2) is 0 Å². The van der Waals surface area contributed by atoms with Crippen LogP contribution in [0.5, 0.6) is 0 Å². The van der Waals surface area contributed by atoms with Crippen molar-refractivity contribution in [3.63, 3.8) is 0 Å². The van der Waals surface area contributed by atoms with Gasteiger partial charge in [0.05, 0.1) is 5.41 Å². The fourth-order valence-electron chi connectivity index (χ4n) is 8.01. The summed E-state index contributed by atoms with van der Waals surface area (Å²) in [5, 5.41) is 0. The molecule has 7 aromatic carbocycles. The number of fused-ring (bicyclic) bond motifs is 6. The molecule has 0 bridgehead atoms. The maximum Gasteiger partial charge on any atom is 0.0713 e. The Morgan fingerprint density at radius 1 is 0.295 bits per heavy atom. The molecule has 0 unspecified atom stereocenters. The van der Waals surface area contributed by atoms with Crippen LogP contribution in [0.1, 0.15) is 33.4 Å². The molecule has 0 nitrogen and oxygen atoms in total. The lowest BCUT2D eigenvalue weighted by molar-refractivity contribution is 0.768. The number of benzene rings is 7. The third kappa shape index (κ3) is 3.52. The summed E-state index contributed by atoms with van der Waals surface area (Å²) in [4.78, 5) is 0. The molecule has 0 saturated heterocycles. The van der Waals surface area contributed by atoms with Gasteiger partial charge in [-0.3, -0.25) is 0 Å². The fourth-order valence-corrected chi connectivity index (χ4v) is 8.01. The van der Waals surface area contributed by atoms with Crippen LogP contribution in [0.3, 0.4) is 0 Å². The van der Waals surface area contributed by atoms with Crippen molar-refractivity contribution in [1.29, 1.82) is 0 Å². The molecule has 2 aliphatic rings. The predicted octanol–water partition coefficient (Wildman–Crippen LogP) is 11.0. The molecule has 0 atom stereocenters. The molecule has 206 valence electrons. The minimum Gasteiger partial charge on any atom is -0.0622 e. The highest BCUT2D eigenvalue weighted by Gasteiger charge is 2.45. The summed E-state index contributed by atoms with van der Waals surface area (Å²) in [5.41, 5.74) is 18.4. The van der Waals surface area contributed by atoms with E-state index < -0.39 is 0 Å². The van der Waals surface area contributed by atoms with Gasteiger partial charge >= 0.3 is 0 Å². The maximum atomic E-state index is 2.37. The number of rotatable bonds is 4. The van der Waals surface area contributed by atoms with Crippen LogP contribution in [0.4, 0.5) is 0 Å². The molecule has 44 heavy (non-hydrogen) atoms. The molecule has 0 aliphatic heterocycles. The van der Waals surface area contributed by atoms with E-state index in [0.29, 0.717) is 0 Å². The molecule has 0 saturated carbocycles. The van der Waals surface area contributed by atoms with Gasteiger partial charge in [0.1, 0.15) is 0 Å². The van der Waals surface area contributed by atoms with Crippen molar-refractivity contribution in [3.8, 4) is 44.5 Å². The third-order valence-corrected chi connectivity index (χ3v) is 9.87. The summed E-state index contributed by atoms with van der Waals surface area (Å²) in [5.74, 6) is 0. The highest BCUT2D eigenvalue weighted by molar-refractivity contribution is 5.90. The summed E-state index contributed by atoms with van der Waals surface area (Å²) in [6.45, 7) is 0. The van der Waals surface area contributed by atoms with Crippen LogP contribution in [0.15, 0.2) is 170 Å². The molecule has 9 rings (SSSR count). The Morgan fingerprint density at radius 3 is 1.27 bits per heavy atom. The van der Waals surface area contributed by atoms with Crippen molar-refractivity contribution < 1.29 is 0 Å². The van der Waals surface area contributed by atoms with Crippen LogP contribution in [0.2, 0.25) is 0 Å². The molecule has 7 aromatic rings. The predicted molar refractivity (Wildman–Crippen MR) is 183 cm³/mol. The van der Waals surface area contributed by atoms with Crippen LogP contribution in [0.25, 0.3) is 44.5 Å². The Labute approximate surface area is 258 Å². The largest absolute Gasteiger partial charge is 0.0713 e. The van der Waals surface area contributed by atoms with Crippen molar-refractivity contribution in [2.75, 3.05) is 0 Å². The van der Waals surface area contributed by atoms with Crippen molar-refractivity contribution in [1.82, 2.24) is 0 Å². The molecule has 0 amide bonds. The number of hydrogen-bond donors (Lipinski definition) is 0. The van der Waals surface area contributed by atoms with Gasteiger partial charge in [0.2, 0.25) is 0 Å². The molecule has 0 heterocycles. The number of hydrogen-bond acceptors (Lipinski definition) is 0. The lowest BCUT2D eigenvalue weighted by atomic mass is 9.67. The smallest absolute Gasteiger partial charge is 0.0622 e. The van der Waals surface area contributed by atoms with Gasteiger partial charge in [0, 0.05) is 0 Å². The first-order chi connectivity index (χ1) is 21.8. The second-order valence-corrected chi connectivity index (χ2v) is 12.0. The standard InChI is InChI=1S/C44H30/c1-3-13-30(14-4-1)34-19-11-21-36-37-22-12-20-35(41(37)29-40(34)36)31-25-27-33(28-26-31)44(32-15-5-2-6-16-32)42-23-9-7-17-38(42)39-18-8-10-24-43(39)44/h1-28H,29H2. The minimum absolute atomic E-state index is 0.369. The Morgan fingerprint density at radius 2 is 0.705 bits per heavy atom. The van der Waals surface area contributed by atoms with Gasteiger partial charge in [-0.1, -0.05) is 170 Å². The van der Waals surface area contributed by atoms with Crippen LogP contribution in [-0.2, 0) is 11.8 Å². The Balaban J connectivity index is 1.19. The van der Waals surface area contributed by atoms with Crippen LogP contribution in [-0.4, -0.2) is 0 Å². The van der Waals surface area contributed by atoms with E-state index in [2.05, 4.69) is 170 Å². The SMILES string of the molecule is c1ccc(-c2cccc3c2Cc2c(-c4ccc(C5(c6ccccc6)c6ccccc6-c6ccccc65)cc4)cccc2-3)cc1. The highest BCUT2D eigenvalue weighted by atomic mass is 14.5. The lowest BCUT2D eigenvalue weighted by Gasteiger charge is -2.34. The van der Waals surface area contributed by atoms with E-state index in [4.69, 9.17) is 0 Å². The van der Waals surface area contributed by atoms with Gasteiger partial charge < -0.3 is 0 Å². The average molecular weight is 559 g/mol. The molecular weight excluding hydrogens is 528 g/mol. The third-order valence-electron chi connectivity index (χ3n) is 9.87. The van der Waals surface area contributed by atoms with Crippen molar-refractivity contribution in [2.24, 2.45) is 0 Å². The fraction of sp³-hybridized carbons (Fsp3) is 0.0455. The second-order valence-electron chi connectivity index (χ2n) is 12.0. The van der Waals surface area contributed by atoms with Crippen molar-refractivity contribution >= 4 is 0 Å². The second kappa shape index (κ2) is 9.79. The van der Waals surface area contributed by atoms with Crippen LogP contribution in [0, 0.1) is 0 Å². The molecular formula is C44H30. The zero-order valence-electron chi connectivity index (χ0n) is 24.4. The summed E-state index contributed by atoms with van der Waals surface area (Å²) in [7, 11) is 0. The van der Waals surface area contributed by atoms with Crippen molar-refractivity contribution in [3.05, 3.63) is 203 Å². The van der Waals surface area contributed by atoms with Crippen LogP contribution >= 0.6 is 0 Å². The molecule has 0 fully saturated rings. The first kappa shape index (κ1) is 25.1. The lowest BCUT2D eigenvalue weighted by Crippen LogP contribution is -2.28. The quantitative estimate of drug-likeness (QED) is 0.202. The van der Waals surface area contributed by atoms with E-state index in [0.717, 1.165) is 6.42 Å². The average Bonchev–Trinajstić information content (AvgIpc) is 3.64. The summed E-state index contributed by atoms with van der Waals surface area (Å²) >= 11 is 0. The highest BCUT2D eigenvalue weighted by Crippen LogP contribution is 2.56. The molecule has 0 heteroatoms. The van der Waals surface area contributed by atoms with Gasteiger partial charge in [-0.2, -0.15) is 0 Å². The topological polar surface area (TPSA) is 0 Å². The van der Waals surface area contributed by atoms with E-state index in [-0.39, 0.29) is 5.41 Å². The van der Waals surface area contributed by atoms with Gasteiger partial charge in [0.25, 0.3) is 0 Å². The summed E-state index contributed by atoms with van der Waals surface area (Å²) < 4.78 is 0. The maximum absolute atomic E-state index is 2.37. The zero-order valence-corrected chi connectivity index (χ0v) is 24.4. The van der Waals surface area contributed by atoms with Crippen LogP contribution < -0.4 is 0 Å². The Kier molecular flexibility index (Phi) is 5.58. The molecule has 0 spiro atoms. The van der Waals surface area contributed by atoms with Gasteiger partial charge in [-0.15, -0.1) is 0 Å².